The molecule has 1 N–H and O–H groups in total. The van der Waals surface area contributed by atoms with Gasteiger partial charge in [0.1, 0.15) is 18.1 Å². The quantitative estimate of drug-likeness (QED) is 0.453. The Labute approximate surface area is 141 Å². The third-order valence-electron chi connectivity index (χ3n) is 3.00. The lowest BCUT2D eigenvalue weighted by atomic mass is 10.2. The van der Waals surface area contributed by atoms with Gasteiger partial charge in [0.25, 0.3) is 10.0 Å². The maximum absolute atomic E-state index is 12.1. The number of hydrazone groups is 1. The molecular formula is C17H18N2O4S. The summed E-state index contributed by atoms with van der Waals surface area (Å²) in [5, 5.41) is 3.77. The van der Waals surface area contributed by atoms with Gasteiger partial charge in [-0.05, 0) is 54.1 Å². The molecule has 0 saturated carbocycles. The van der Waals surface area contributed by atoms with Gasteiger partial charge in [0.15, 0.2) is 0 Å². The predicted octanol–water partition coefficient (Wildman–Crippen LogP) is 2.57. The minimum atomic E-state index is -3.71. The second-order valence-electron chi connectivity index (χ2n) is 4.70. The first-order valence-electron chi connectivity index (χ1n) is 7.08. The van der Waals surface area contributed by atoms with Crippen molar-refractivity contribution in [2.24, 2.45) is 5.10 Å². The lowest BCUT2D eigenvalue weighted by Crippen LogP contribution is -2.18. The number of nitrogens with zero attached hydrogens (tertiary/aromatic N) is 1. The first-order valence-corrected chi connectivity index (χ1v) is 8.56. The first-order chi connectivity index (χ1) is 11.5. The van der Waals surface area contributed by atoms with Gasteiger partial charge < -0.3 is 9.47 Å². The largest absolute Gasteiger partial charge is 0.497 e. The van der Waals surface area contributed by atoms with E-state index in [0.29, 0.717) is 18.1 Å². The summed E-state index contributed by atoms with van der Waals surface area (Å²) in [6.07, 6.45) is 3.07. The van der Waals surface area contributed by atoms with Crippen molar-refractivity contribution in [2.75, 3.05) is 13.7 Å². The summed E-state index contributed by atoms with van der Waals surface area (Å²) in [7, 11) is -2.20. The second-order valence-corrected chi connectivity index (χ2v) is 6.36. The summed E-state index contributed by atoms with van der Waals surface area (Å²) in [4.78, 5) is 2.27. The Morgan fingerprint density at radius 2 is 1.71 bits per heavy atom. The van der Waals surface area contributed by atoms with Crippen LogP contribution >= 0.6 is 0 Å². The van der Waals surface area contributed by atoms with E-state index in [1.165, 1.54) is 25.5 Å². The molecule has 0 atom stereocenters. The van der Waals surface area contributed by atoms with E-state index in [4.69, 9.17) is 9.47 Å². The average Bonchev–Trinajstić information content (AvgIpc) is 2.61. The number of hydrogen-bond acceptors (Lipinski definition) is 5. The lowest BCUT2D eigenvalue weighted by Gasteiger charge is -2.05. The third kappa shape index (κ3) is 4.85. The molecular weight excluding hydrogens is 328 g/mol. The molecule has 0 amide bonds. The van der Waals surface area contributed by atoms with Gasteiger partial charge in [-0.3, -0.25) is 0 Å². The van der Waals surface area contributed by atoms with Gasteiger partial charge in [-0.2, -0.15) is 13.5 Å². The molecule has 0 spiro atoms. The fraction of sp³-hybridized carbons (Fsp3) is 0.118. The average molecular weight is 346 g/mol. The Balaban J connectivity index is 2.00. The van der Waals surface area contributed by atoms with Crippen molar-refractivity contribution in [3.63, 3.8) is 0 Å². The van der Waals surface area contributed by atoms with Crippen LogP contribution in [0.5, 0.6) is 11.5 Å². The number of rotatable bonds is 8. The van der Waals surface area contributed by atoms with E-state index in [1.807, 2.05) is 0 Å². The van der Waals surface area contributed by atoms with Gasteiger partial charge in [-0.1, -0.05) is 12.7 Å². The Morgan fingerprint density at radius 3 is 2.29 bits per heavy atom. The minimum Gasteiger partial charge on any atom is -0.497 e. The molecule has 0 aliphatic heterocycles. The number of methoxy groups -OCH3 is 1. The van der Waals surface area contributed by atoms with Crippen LogP contribution in [0, 0.1) is 0 Å². The highest BCUT2D eigenvalue weighted by Gasteiger charge is 2.12. The molecule has 24 heavy (non-hydrogen) atoms. The molecule has 0 aliphatic rings. The van der Waals surface area contributed by atoms with E-state index in [-0.39, 0.29) is 4.90 Å². The number of hydrogen-bond donors (Lipinski definition) is 1. The molecule has 7 heteroatoms. The van der Waals surface area contributed by atoms with E-state index in [1.54, 1.807) is 42.5 Å². The number of benzene rings is 2. The van der Waals surface area contributed by atoms with Crippen LogP contribution in [0.3, 0.4) is 0 Å². The van der Waals surface area contributed by atoms with Crippen molar-refractivity contribution in [3.8, 4) is 11.5 Å². The Morgan fingerprint density at radius 1 is 1.08 bits per heavy atom. The monoisotopic (exact) mass is 346 g/mol. The summed E-state index contributed by atoms with van der Waals surface area (Å²) < 4.78 is 34.6. The number of sulfonamides is 1. The summed E-state index contributed by atoms with van der Waals surface area (Å²) in [6, 6.07) is 13.1. The lowest BCUT2D eigenvalue weighted by molar-refractivity contribution is 0.363. The standard InChI is InChI=1S/C17H18N2O4S/c1-3-12-23-16-6-4-14(5-7-16)13-18-19-24(20,21)17-10-8-15(22-2)9-11-17/h3-11,13,19H,1,12H2,2H3/b18-13-. The van der Waals surface area contributed by atoms with E-state index in [0.717, 1.165) is 5.56 Å². The van der Waals surface area contributed by atoms with Crippen LogP contribution in [-0.2, 0) is 10.0 Å². The van der Waals surface area contributed by atoms with E-state index in [2.05, 4.69) is 16.5 Å². The molecule has 126 valence electrons. The predicted molar refractivity (Wildman–Crippen MR) is 93.0 cm³/mol. The summed E-state index contributed by atoms with van der Waals surface area (Å²) >= 11 is 0. The molecule has 2 rings (SSSR count). The van der Waals surface area contributed by atoms with Crippen molar-refractivity contribution in [3.05, 3.63) is 66.7 Å². The smallest absolute Gasteiger partial charge is 0.276 e. The van der Waals surface area contributed by atoms with Crippen molar-refractivity contribution >= 4 is 16.2 Å². The second kappa shape index (κ2) is 8.16. The van der Waals surface area contributed by atoms with E-state index in [9.17, 15) is 8.42 Å². The summed E-state index contributed by atoms with van der Waals surface area (Å²) in [5.74, 6) is 1.28. The minimum absolute atomic E-state index is 0.105. The maximum atomic E-state index is 12.1. The van der Waals surface area contributed by atoms with Gasteiger partial charge in [0, 0.05) is 0 Å². The highest BCUT2D eigenvalue weighted by Crippen LogP contribution is 2.15. The van der Waals surface area contributed by atoms with Crippen LogP contribution in [0.25, 0.3) is 0 Å². The molecule has 0 heterocycles. The fourth-order valence-electron chi connectivity index (χ4n) is 1.78. The topological polar surface area (TPSA) is 77.0 Å². The molecule has 2 aromatic rings. The SMILES string of the molecule is C=CCOc1ccc(/C=N\NS(=O)(=O)c2ccc(OC)cc2)cc1. The zero-order valence-corrected chi connectivity index (χ0v) is 14.0. The van der Waals surface area contributed by atoms with Gasteiger partial charge in [0.2, 0.25) is 0 Å². The third-order valence-corrected chi connectivity index (χ3v) is 4.24. The Bertz CT molecular complexity index is 797. The van der Waals surface area contributed by atoms with Crippen LogP contribution < -0.4 is 14.3 Å². The molecule has 0 saturated heterocycles. The number of nitrogens with one attached hydrogen (secondary N) is 1. The van der Waals surface area contributed by atoms with Crippen LogP contribution in [0.4, 0.5) is 0 Å². The summed E-state index contributed by atoms with van der Waals surface area (Å²) in [5.41, 5.74) is 0.735. The Hall–Kier alpha value is -2.80. The Kier molecular flexibility index (Phi) is 5.97. The molecule has 0 aliphatic carbocycles. The highest BCUT2D eigenvalue weighted by molar-refractivity contribution is 7.89. The molecule has 0 radical (unpaired) electrons. The van der Waals surface area contributed by atoms with Crippen LogP contribution in [0.15, 0.2) is 71.2 Å². The molecule has 6 nitrogen and oxygen atoms in total. The van der Waals surface area contributed by atoms with Crippen molar-refractivity contribution in [1.29, 1.82) is 0 Å². The van der Waals surface area contributed by atoms with Crippen LogP contribution in [0.2, 0.25) is 0 Å². The normalized spacial score (nSPS) is 11.2. The van der Waals surface area contributed by atoms with Crippen molar-refractivity contribution < 1.29 is 17.9 Å². The molecule has 0 bridgehead atoms. The first kappa shape index (κ1) is 17.6. The van der Waals surface area contributed by atoms with Crippen LogP contribution in [0.1, 0.15) is 5.56 Å². The molecule has 0 unspecified atom stereocenters. The number of ether oxygens (including phenoxy) is 2. The van der Waals surface area contributed by atoms with Crippen molar-refractivity contribution in [1.82, 2.24) is 4.83 Å². The van der Waals surface area contributed by atoms with Crippen LogP contribution in [-0.4, -0.2) is 28.3 Å². The van der Waals surface area contributed by atoms with Crippen molar-refractivity contribution in [2.45, 2.75) is 4.90 Å². The van der Waals surface area contributed by atoms with Gasteiger partial charge in [-0.25, -0.2) is 4.83 Å². The van der Waals surface area contributed by atoms with Gasteiger partial charge in [-0.15, -0.1) is 0 Å². The summed E-state index contributed by atoms with van der Waals surface area (Å²) in [6.45, 7) is 4.00. The molecule has 0 fully saturated rings. The van der Waals surface area contributed by atoms with E-state index < -0.39 is 10.0 Å². The fourth-order valence-corrected chi connectivity index (χ4v) is 2.57. The zero-order chi connectivity index (χ0) is 17.4. The molecule has 0 aromatic heterocycles. The zero-order valence-electron chi connectivity index (χ0n) is 13.2. The molecule has 2 aromatic carbocycles. The van der Waals surface area contributed by atoms with Gasteiger partial charge in [0.05, 0.1) is 18.2 Å². The maximum Gasteiger partial charge on any atom is 0.276 e. The van der Waals surface area contributed by atoms with E-state index >= 15 is 0 Å². The highest BCUT2D eigenvalue weighted by atomic mass is 32.2. The van der Waals surface area contributed by atoms with Gasteiger partial charge >= 0.3 is 0 Å².